The maximum Gasteiger partial charge on any atom is 0.256 e. The molecule has 2 rings (SSSR count). The summed E-state index contributed by atoms with van der Waals surface area (Å²) in [7, 11) is 0. The first-order valence-corrected chi connectivity index (χ1v) is 5.08. The Hall–Kier alpha value is -2.08. The number of hydrogen-bond donors (Lipinski definition) is 1. The third-order valence-electron chi connectivity index (χ3n) is 2.26. The topological polar surface area (TPSA) is 48.1 Å². The lowest BCUT2D eigenvalue weighted by Gasteiger charge is -2.10. The molecule has 1 aromatic carbocycles. The molecule has 2 aromatic rings. The second-order valence-electron chi connectivity index (χ2n) is 3.46. The molecule has 1 heterocycles. The number of nitrogens with two attached hydrogens (primary N) is 1. The first kappa shape index (κ1) is 12.4. The van der Waals surface area contributed by atoms with Gasteiger partial charge in [-0.25, -0.2) is 18.2 Å². The Morgan fingerprint density at radius 2 is 1.94 bits per heavy atom. The summed E-state index contributed by atoms with van der Waals surface area (Å²) in [6, 6.07) is 4.66. The second-order valence-corrected chi connectivity index (χ2v) is 3.46. The van der Waals surface area contributed by atoms with Crippen molar-refractivity contribution in [1.29, 1.82) is 0 Å². The molecular weight excluding hydrogens is 245 g/mol. The van der Waals surface area contributed by atoms with E-state index in [1.807, 2.05) is 0 Å². The van der Waals surface area contributed by atoms with Crippen LogP contribution >= 0.6 is 0 Å². The van der Waals surface area contributed by atoms with E-state index in [4.69, 9.17) is 10.5 Å². The predicted octanol–water partition coefficient (Wildman–Crippen LogP) is 2.75. The van der Waals surface area contributed by atoms with E-state index in [1.165, 1.54) is 18.2 Å². The molecule has 0 saturated heterocycles. The van der Waals surface area contributed by atoms with Gasteiger partial charge in [-0.1, -0.05) is 6.07 Å². The zero-order valence-corrected chi connectivity index (χ0v) is 9.16. The van der Waals surface area contributed by atoms with Gasteiger partial charge in [0.2, 0.25) is 0 Å². The van der Waals surface area contributed by atoms with Crippen LogP contribution in [0.1, 0.15) is 5.56 Å². The molecule has 18 heavy (non-hydrogen) atoms. The summed E-state index contributed by atoms with van der Waals surface area (Å²) in [5.74, 6) is -2.73. The SMILES string of the molecule is NCc1c(F)cccc1Oc1ncc(F)cc1F. The molecule has 1 aromatic heterocycles. The van der Waals surface area contributed by atoms with Gasteiger partial charge in [-0.15, -0.1) is 0 Å². The number of benzene rings is 1. The Labute approximate surface area is 101 Å². The Kier molecular flexibility index (Phi) is 3.47. The van der Waals surface area contributed by atoms with Crippen molar-refractivity contribution in [2.75, 3.05) is 0 Å². The van der Waals surface area contributed by atoms with Crippen molar-refractivity contribution in [2.45, 2.75) is 6.54 Å². The van der Waals surface area contributed by atoms with E-state index < -0.39 is 23.3 Å². The van der Waals surface area contributed by atoms with Gasteiger partial charge in [0.25, 0.3) is 5.88 Å². The molecule has 0 spiro atoms. The van der Waals surface area contributed by atoms with Crippen LogP contribution in [-0.2, 0) is 6.54 Å². The molecule has 0 unspecified atom stereocenters. The fourth-order valence-electron chi connectivity index (χ4n) is 1.41. The molecule has 2 N–H and O–H groups in total. The number of rotatable bonds is 3. The van der Waals surface area contributed by atoms with Crippen molar-refractivity contribution in [3.8, 4) is 11.6 Å². The fourth-order valence-corrected chi connectivity index (χ4v) is 1.41. The van der Waals surface area contributed by atoms with Crippen LogP contribution in [0.2, 0.25) is 0 Å². The van der Waals surface area contributed by atoms with Crippen LogP contribution in [0.15, 0.2) is 30.5 Å². The first-order valence-electron chi connectivity index (χ1n) is 5.08. The highest BCUT2D eigenvalue weighted by Gasteiger charge is 2.12. The van der Waals surface area contributed by atoms with E-state index >= 15 is 0 Å². The van der Waals surface area contributed by atoms with Gasteiger partial charge < -0.3 is 10.5 Å². The van der Waals surface area contributed by atoms with E-state index in [0.717, 1.165) is 6.20 Å². The third kappa shape index (κ3) is 2.43. The second kappa shape index (κ2) is 5.05. The van der Waals surface area contributed by atoms with E-state index in [1.54, 1.807) is 0 Å². The van der Waals surface area contributed by atoms with Crippen LogP contribution in [0.25, 0.3) is 0 Å². The summed E-state index contributed by atoms with van der Waals surface area (Å²) in [5.41, 5.74) is 5.47. The Balaban J connectivity index is 2.37. The Morgan fingerprint density at radius 3 is 2.61 bits per heavy atom. The monoisotopic (exact) mass is 254 g/mol. The van der Waals surface area contributed by atoms with Crippen molar-refractivity contribution < 1.29 is 17.9 Å². The van der Waals surface area contributed by atoms with Crippen molar-refractivity contribution in [1.82, 2.24) is 4.98 Å². The van der Waals surface area contributed by atoms with E-state index in [2.05, 4.69) is 4.98 Å². The highest BCUT2D eigenvalue weighted by molar-refractivity contribution is 5.37. The Bertz CT molecular complexity index is 575. The molecule has 0 saturated carbocycles. The average molecular weight is 254 g/mol. The maximum absolute atomic E-state index is 13.4. The van der Waals surface area contributed by atoms with Gasteiger partial charge in [-0.3, -0.25) is 0 Å². The molecule has 0 fully saturated rings. The van der Waals surface area contributed by atoms with Gasteiger partial charge in [0.05, 0.1) is 6.20 Å². The number of aromatic nitrogens is 1. The van der Waals surface area contributed by atoms with E-state index in [0.29, 0.717) is 6.07 Å². The standard InChI is InChI=1S/C12H9F3N2O/c13-7-4-10(15)12(17-6-7)18-11-3-1-2-9(14)8(11)5-16/h1-4,6H,5,16H2. The average Bonchev–Trinajstić information content (AvgIpc) is 2.33. The van der Waals surface area contributed by atoms with Gasteiger partial charge in [0.1, 0.15) is 17.4 Å². The predicted molar refractivity (Wildman–Crippen MR) is 58.5 cm³/mol. The number of pyridine rings is 1. The minimum atomic E-state index is -0.970. The molecule has 0 atom stereocenters. The van der Waals surface area contributed by atoms with Crippen molar-refractivity contribution in [3.05, 3.63) is 53.5 Å². The van der Waals surface area contributed by atoms with Gasteiger partial charge in [-0.05, 0) is 12.1 Å². The van der Waals surface area contributed by atoms with Crippen LogP contribution in [0, 0.1) is 17.5 Å². The molecular formula is C12H9F3N2O. The molecule has 0 bridgehead atoms. The van der Waals surface area contributed by atoms with Crippen LogP contribution in [0.3, 0.4) is 0 Å². The molecule has 0 aliphatic heterocycles. The lowest BCUT2D eigenvalue weighted by Crippen LogP contribution is -2.03. The summed E-state index contributed by atoms with van der Waals surface area (Å²) < 4.78 is 44.5. The molecule has 0 aliphatic carbocycles. The normalized spacial score (nSPS) is 10.4. The molecule has 0 amide bonds. The zero-order valence-electron chi connectivity index (χ0n) is 9.16. The minimum absolute atomic E-state index is 0.0514. The van der Waals surface area contributed by atoms with Crippen molar-refractivity contribution >= 4 is 0 Å². The first-order chi connectivity index (χ1) is 8.61. The summed E-state index contributed by atoms with van der Waals surface area (Å²) in [6.07, 6.45) is 0.805. The van der Waals surface area contributed by atoms with E-state index in [-0.39, 0.29) is 17.9 Å². The summed E-state index contributed by atoms with van der Waals surface area (Å²) in [6.45, 7) is -0.106. The van der Waals surface area contributed by atoms with Crippen LogP contribution in [0.4, 0.5) is 13.2 Å². The number of nitrogens with zero attached hydrogens (tertiary/aromatic N) is 1. The molecule has 0 aliphatic rings. The van der Waals surface area contributed by atoms with Gasteiger partial charge in [0, 0.05) is 18.2 Å². The van der Waals surface area contributed by atoms with Crippen LogP contribution < -0.4 is 10.5 Å². The van der Waals surface area contributed by atoms with Gasteiger partial charge >= 0.3 is 0 Å². The zero-order chi connectivity index (χ0) is 13.1. The lowest BCUT2D eigenvalue weighted by atomic mass is 10.2. The minimum Gasteiger partial charge on any atom is -0.436 e. The molecule has 94 valence electrons. The van der Waals surface area contributed by atoms with Crippen molar-refractivity contribution in [3.63, 3.8) is 0 Å². The number of halogens is 3. The van der Waals surface area contributed by atoms with Crippen molar-refractivity contribution in [2.24, 2.45) is 5.73 Å². The quantitative estimate of drug-likeness (QED) is 0.916. The third-order valence-corrected chi connectivity index (χ3v) is 2.26. The number of ether oxygens (including phenoxy) is 1. The van der Waals surface area contributed by atoms with Crippen LogP contribution in [0.5, 0.6) is 11.6 Å². The summed E-state index contributed by atoms with van der Waals surface area (Å²) in [5, 5.41) is 0. The Morgan fingerprint density at radius 1 is 1.17 bits per heavy atom. The molecule has 6 heteroatoms. The molecule has 0 radical (unpaired) electrons. The van der Waals surface area contributed by atoms with Gasteiger partial charge in [-0.2, -0.15) is 0 Å². The number of hydrogen-bond acceptors (Lipinski definition) is 3. The maximum atomic E-state index is 13.4. The summed E-state index contributed by atoms with van der Waals surface area (Å²) >= 11 is 0. The van der Waals surface area contributed by atoms with E-state index in [9.17, 15) is 13.2 Å². The van der Waals surface area contributed by atoms with Crippen LogP contribution in [-0.4, -0.2) is 4.98 Å². The fraction of sp³-hybridized carbons (Fsp3) is 0.0833. The van der Waals surface area contributed by atoms with Gasteiger partial charge in [0.15, 0.2) is 5.82 Å². The highest BCUT2D eigenvalue weighted by Crippen LogP contribution is 2.27. The largest absolute Gasteiger partial charge is 0.436 e. The highest BCUT2D eigenvalue weighted by atomic mass is 19.1. The lowest BCUT2D eigenvalue weighted by molar-refractivity contribution is 0.409. The molecule has 3 nitrogen and oxygen atoms in total. The smallest absolute Gasteiger partial charge is 0.256 e. The summed E-state index contributed by atoms with van der Waals surface area (Å²) in [4.78, 5) is 3.44.